The molecule has 3 aromatic rings. The Kier molecular flexibility index (Phi) is 8.22. The Morgan fingerprint density at radius 3 is 2.83 bits per heavy atom. The van der Waals surface area contributed by atoms with Crippen LogP contribution in [-0.4, -0.2) is 78.2 Å². The van der Waals surface area contributed by atoms with Crippen molar-refractivity contribution in [2.24, 2.45) is 13.0 Å². The van der Waals surface area contributed by atoms with E-state index in [1.165, 1.54) is 45.5 Å². The van der Waals surface area contributed by atoms with Crippen LogP contribution in [0.15, 0.2) is 23.1 Å². The van der Waals surface area contributed by atoms with E-state index in [-0.39, 0.29) is 35.2 Å². The van der Waals surface area contributed by atoms with E-state index in [0.29, 0.717) is 24.3 Å². The molecule has 2 aromatic heterocycles. The van der Waals surface area contributed by atoms with E-state index in [9.17, 15) is 15.2 Å². The lowest BCUT2D eigenvalue weighted by Crippen LogP contribution is -2.49. The third-order valence-electron chi connectivity index (χ3n) is 7.39. The van der Waals surface area contributed by atoms with Crippen molar-refractivity contribution in [3.63, 3.8) is 0 Å². The molecule has 3 atom stereocenters. The molecule has 4 heterocycles. The van der Waals surface area contributed by atoms with E-state index in [1.807, 2.05) is 0 Å². The Morgan fingerprint density at radius 2 is 2.08 bits per heavy atom. The number of aryl methyl sites for hydroxylation is 1. The quantitative estimate of drug-likeness (QED) is 0.356. The molecular formula is C26H33FN10O3. The Morgan fingerprint density at radius 1 is 1.25 bits per heavy atom. The van der Waals surface area contributed by atoms with Crippen molar-refractivity contribution in [2.45, 2.75) is 51.2 Å². The first-order valence-electron chi connectivity index (χ1n) is 13.5. The molecule has 3 N–H and O–H groups in total. The maximum atomic E-state index is 15.2. The Balaban J connectivity index is 1.39. The number of rotatable bonds is 9. The van der Waals surface area contributed by atoms with E-state index in [0.717, 1.165) is 41.4 Å². The number of fused-ring (bicyclic) bond motifs is 1. The van der Waals surface area contributed by atoms with Gasteiger partial charge in [0.15, 0.2) is 5.82 Å². The van der Waals surface area contributed by atoms with Gasteiger partial charge in [0.25, 0.3) is 0 Å². The van der Waals surface area contributed by atoms with Gasteiger partial charge in [-0.25, -0.2) is 14.2 Å². The van der Waals surface area contributed by atoms with Crippen molar-refractivity contribution < 1.29 is 14.2 Å². The van der Waals surface area contributed by atoms with E-state index >= 15 is 4.39 Å². The number of hydrogen-bond donors (Lipinski definition) is 3. The Hall–Kier alpha value is -4.09. The molecule has 0 aliphatic carbocycles. The summed E-state index contributed by atoms with van der Waals surface area (Å²) < 4.78 is 22.7. The Bertz CT molecular complexity index is 1450. The smallest absolute Gasteiger partial charge is 0.368 e. The fraction of sp³-hybridized carbons (Fsp3) is 0.538. The number of benzene rings is 1. The van der Waals surface area contributed by atoms with Crippen molar-refractivity contribution in [1.29, 1.82) is 5.26 Å². The van der Waals surface area contributed by atoms with Gasteiger partial charge >= 0.3 is 5.69 Å². The molecule has 2 aliphatic rings. The Labute approximate surface area is 230 Å². The molecule has 2 aliphatic heterocycles. The molecule has 212 valence electrons. The molecule has 0 radical (unpaired) electrons. The van der Waals surface area contributed by atoms with Gasteiger partial charge in [0.05, 0.1) is 18.0 Å². The second-order valence-electron chi connectivity index (χ2n) is 10.3. The van der Waals surface area contributed by atoms with Crippen LogP contribution in [0.3, 0.4) is 0 Å². The van der Waals surface area contributed by atoms with E-state index in [4.69, 9.17) is 4.74 Å². The molecule has 5 rings (SSSR count). The zero-order valence-corrected chi connectivity index (χ0v) is 22.5. The number of aliphatic hydroxyl groups excluding tert-OH is 1. The highest BCUT2D eigenvalue weighted by atomic mass is 19.1. The second kappa shape index (κ2) is 12.0. The summed E-state index contributed by atoms with van der Waals surface area (Å²) in [7, 11) is 1.43. The standard InChI is InChI=1S/C26H33FN10O3/c1-16(38)15-40-23-10-19(27)20(11-22(23)37-26(39)35(2)33-34-37)31-25-30-14-18(12-28)24(32-25)29-13-17-6-5-9-36-8-4-3-7-21(17)36/h10-11,14,16-17,21,38H,3-9,13,15H2,1-2H3,(H2,29,30,31,32)/t16-,17+,21-/m1/s1. The molecule has 0 unspecified atom stereocenters. The van der Waals surface area contributed by atoms with Gasteiger partial charge < -0.3 is 25.4 Å². The normalized spacial score (nSPS) is 19.9. The summed E-state index contributed by atoms with van der Waals surface area (Å²) in [6, 6.07) is 5.07. The van der Waals surface area contributed by atoms with E-state index in [2.05, 4.69) is 42.0 Å². The first-order chi connectivity index (χ1) is 19.3. The SMILES string of the molecule is C[C@@H](O)COc1cc(F)c(Nc2ncc(C#N)c(NC[C@@H]3CCCN4CCCC[C@H]34)n2)cc1-n1nnn(C)c1=O. The predicted octanol–water partition coefficient (Wildman–Crippen LogP) is 1.95. The van der Waals surface area contributed by atoms with Crippen molar-refractivity contribution in [2.75, 3.05) is 36.9 Å². The minimum absolute atomic E-state index is 0.00103. The number of tetrazole rings is 1. The van der Waals surface area contributed by atoms with Crippen molar-refractivity contribution in [1.82, 2.24) is 34.7 Å². The number of halogens is 1. The van der Waals surface area contributed by atoms with Crippen LogP contribution < -0.4 is 21.1 Å². The van der Waals surface area contributed by atoms with Gasteiger partial charge in [0.1, 0.15) is 35.5 Å². The highest BCUT2D eigenvalue weighted by molar-refractivity contribution is 5.64. The largest absolute Gasteiger partial charge is 0.489 e. The van der Waals surface area contributed by atoms with Crippen LogP contribution in [0.1, 0.15) is 44.6 Å². The summed E-state index contributed by atoms with van der Waals surface area (Å²) in [6.45, 7) is 4.36. The third kappa shape index (κ3) is 5.90. The van der Waals surface area contributed by atoms with Crippen molar-refractivity contribution in [3.05, 3.63) is 40.2 Å². The molecule has 0 amide bonds. The van der Waals surface area contributed by atoms with Crippen LogP contribution in [0.4, 0.5) is 21.8 Å². The van der Waals surface area contributed by atoms with Crippen molar-refractivity contribution in [3.8, 4) is 17.5 Å². The number of nitrogens with one attached hydrogen (secondary N) is 2. The van der Waals surface area contributed by atoms with Crippen molar-refractivity contribution >= 4 is 17.5 Å². The summed E-state index contributed by atoms with van der Waals surface area (Å²) in [5.74, 6) is 0.183. The number of nitriles is 1. The zero-order valence-electron chi connectivity index (χ0n) is 22.5. The second-order valence-corrected chi connectivity index (χ2v) is 10.3. The van der Waals surface area contributed by atoms with Gasteiger partial charge in [-0.15, -0.1) is 0 Å². The molecule has 2 saturated heterocycles. The molecule has 13 nitrogen and oxygen atoms in total. The number of nitrogens with zero attached hydrogens (tertiary/aromatic N) is 8. The number of hydrogen-bond acceptors (Lipinski definition) is 11. The lowest BCUT2D eigenvalue weighted by atomic mass is 9.83. The number of aromatic nitrogens is 6. The highest BCUT2D eigenvalue weighted by Crippen LogP contribution is 2.32. The summed E-state index contributed by atoms with van der Waals surface area (Å²) >= 11 is 0. The van der Waals surface area contributed by atoms with Crippen LogP contribution in [0, 0.1) is 23.1 Å². The molecule has 0 bridgehead atoms. The average molecular weight is 553 g/mol. The molecular weight excluding hydrogens is 519 g/mol. The summed E-state index contributed by atoms with van der Waals surface area (Å²) in [4.78, 5) is 23.8. The lowest BCUT2D eigenvalue weighted by Gasteiger charge is -2.44. The van der Waals surface area contributed by atoms with Crippen LogP contribution in [-0.2, 0) is 7.05 Å². The number of ether oxygens (including phenoxy) is 1. The topological polar surface area (TPSA) is 159 Å². The monoisotopic (exact) mass is 552 g/mol. The molecule has 40 heavy (non-hydrogen) atoms. The first kappa shape index (κ1) is 27.5. The van der Waals surface area contributed by atoms with Crippen LogP contribution in [0.25, 0.3) is 5.69 Å². The van der Waals surface area contributed by atoms with Gasteiger partial charge in [-0.05, 0) is 68.1 Å². The summed E-state index contributed by atoms with van der Waals surface area (Å²) in [6.07, 6.45) is 6.50. The number of aliphatic hydroxyl groups is 1. The number of anilines is 3. The van der Waals surface area contributed by atoms with Gasteiger partial charge in [0, 0.05) is 25.7 Å². The molecule has 14 heteroatoms. The first-order valence-corrected chi connectivity index (χ1v) is 13.5. The molecule has 1 aromatic carbocycles. The summed E-state index contributed by atoms with van der Waals surface area (Å²) in [5, 5.41) is 33.0. The zero-order chi connectivity index (χ0) is 28.2. The van der Waals surface area contributed by atoms with Crippen LogP contribution in [0.2, 0.25) is 0 Å². The lowest BCUT2D eigenvalue weighted by molar-refractivity contribution is 0.0649. The molecule has 2 fully saturated rings. The highest BCUT2D eigenvalue weighted by Gasteiger charge is 2.33. The van der Waals surface area contributed by atoms with E-state index < -0.39 is 17.6 Å². The van der Waals surface area contributed by atoms with Gasteiger partial charge in [-0.1, -0.05) is 6.42 Å². The van der Waals surface area contributed by atoms with Crippen LogP contribution >= 0.6 is 0 Å². The minimum atomic E-state index is -0.819. The minimum Gasteiger partial charge on any atom is -0.489 e. The fourth-order valence-corrected chi connectivity index (χ4v) is 5.42. The molecule has 0 saturated carbocycles. The third-order valence-corrected chi connectivity index (χ3v) is 7.39. The fourth-order valence-electron chi connectivity index (χ4n) is 5.42. The van der Waals surface area contributed by atoms with E-state index in [1.54, 1.807) is 0 Å². The molecule has 0 spiro atoms. The maximum Gasteiger partial charge on any atom is 0.368 e. The summed E-state index contributed by atoms with van der Waals surface area (Å²) in [5.41, 5.74) is -0.211. The van der Waals surface area contributed by atoms with Gasteiger partial charge in [-0.2, -0.15) is 19.6 Å². The number of piperidine rings is 2. The van der Waals surface area contributed by atoms with Gasteiger partial charge in [0.2, 0.25) is 5.95 Å². The average Bonchev–Trinajstić information content (AvgIpc) is 3.29. The predicted molar refractivity (Wildman–Crippen MR) is 144 cm³/mol. The van der Waals surface area contributed by atoms with Crippen LogP contribution in [0.5, 0.6) is 5.75 Å². The maximum absolute atomic E-state index is 15.2. The van der Waals surface area contributed by atoms with Gasteiger partial charge in [-0.3, -0.25) is 0 Å².